The Morgan fingerprint density at radius 3 is 2.02 bits per heavy atom. The fourth-order valence-electron chi connectivity index (χ4n) is 3.21. The van der Waals surface area contributed by atoms with Crippen LogP contribution in [0.15, 0.2) is 94.1 Å². The summed E-state index contributed by atoms with van der Waals surface area (Å²) in [5, 5.41) is 7.33. The quantitative estimate of drug-likeness (QED) is 0.0904. The second kappa shape index (κ2) is 15.1. The van der Waals surface area contributed by atoms with Gasteiger partial charge in [-0.25, -0.2) is 4.79 Å². The van der Waals surface area contributed by atoms with Gasteiger partial charge in [-0.1, -0.05) is 106 Å². The zero-order chi connectivity index (χ0) is 29.9. The first-order valence-electron chi connectivity index (χ1n) is 12.0. The molecule has 41 heavy (non-hydrogen) atoms. The Morgan fingerprint density at radius 1 is 0.780 bits per heavy atom. The molecule has 0 fully saturated rings. The summed E-state index contributed by atoms with van der Waals surface area (Å²) >= 11 is 2.11. The number of esters is 1. The maximum absolute atomic E-state index is 12.7. The summed E-state index contributed by atoms with van der Waals surface area (Å²) < 4.78 is 64.4. The topological polar surface area (TPSA) is 138 Å². The number of thioether (sulfide) groups is 2. The van der Waals surface area contributed by atoms with Gasteiger partial charge in [-0.2, -0.15) is 16.8 Å². The maximum atomic E-state index is 12.7. The zero-order valence-electron chi connectivity index (χ0n) is 22.4. The van der Waals surface area contributed by atoms with Crippen LogP contribution in [-0.2, 0) is 55.6 Å². The molecule has 3 aromatic rings. The first kappa shape index (κ1) is 32.2. The van der Waals surface area contributed by atoms with Crippen molar-refractivity contribution in [3.8, 4) is 0 Å². The first-order valence-corrected chi connectivity index (χ1v) is 16.9. The molecule has 0 spiro atoms. The zero-order valence-corrected chi connectivity index (χ0v) is 25.7. The minimum absolute atomic E-state index is 0.0628. The number of benzene rings is 3. The fourth-order valence-corrected chi connectivity index (χ4v) is 6.64. The molecule has 14 heteroatoms. The number of ether oxygens (including phenoxy) is 1. The Bertz CT molecular complexity index is 1610. The highest BCUT2D eigenvalue weighted by molar-refractivity contribution is 8.15. The summed E-state index contributed by atoms with van der Waals surface area (Å²) in [5.41, 5.74) is 2.54. The molecule has 0 aliphatic heterocycles. The van der Waals surface area contributed by atoms with Crippen LogP contribution < -0.4 is 0 Å². The lowest BCUT2D eigenvalue weighted by Gasteiger charge is -2.10. The van der Waals surface area contributed by atoms with Crippen molar-refractivity contribution in [2.24, 2.45) is 10.3 Å². The summed E-state index contributed by atoms with van der Waals surface area (Å²) in [6.45, 7) is 3.61. The van der Waals surface area contributed by atoms with Crippen LogP contribution in [0.2, 0.25) is 0 Å². The number of methoxy groups -OCH3 is 1. The van der Waals surface area contributed by atoms with Crippen LogP contribution in [0.1, 0.15) is 29.2 Å². The summed E-state index contributed by atoms with van der Waals surface area (Å²) in [6, 6.07) is 22.7. The van der Waals surface area contributed by atoms with Gasteiger partial charge in [0.05, 0.1) is 7.11 Å². The van der Waals surface area contributed by atoms with Gasteiger partial charge in [-0.15, -0.1) is 0 Å². The van der Waals surface area contributed by atoms with E-state index in [2.05, 4.69) is 10.3 Å². The van der Waals surface area contributed by atoms with E-state index >= 15 is 0 Å². The second-order valence-corrected chi connectivity index (χ2v) is 13.8. The van der Waals surface area contributed by atoms with E-state index in [9.17, 15) is 21.6 Å². The number of hydrogen-bond donors (Lipinski definition) is 0. The van der Waals surface area contributed by atoms with E-state index in [1.54, 1.807) is 61.5 Å². The molecule has 0 aliphatic carbocycles. The van der Waals surface area contributed by atoms with Crippen LogP contribution in [0.25, 0.3) is 0 Å². The predicted octanol–water partition coefficient (Wildman–Crippen LogP) is 5.23. The first-order chi connectivity index (χ1) is 19.5. The van der Waals surface area contributed by atoms with E-state index < -0.39 is 37.7 Å². The van der Waals surface area contributed by atoms with E-state index in [0.717, 1.165) is 29.3 Å². The van der Waals surface area contributed by atoms with Crippen molar-refractivity contribution in [2.75, 3.05) is 7.11 Å². The standard InChI is InChI=1S/C27H28N2O8S4/c1-20-13-15-25(16-14-20)39-21(2)28-36-41(33,34)19-24-12-8-7-11-23(24)17-38-26(27(30)35-3)29-37-40(31,32)18-22-9-5-4-6-10-22/h4-16H,17-19H2,1-3H3/b28-21-,29-26-. The number of carbonyl (C=O) groups excluding carboxylic acids is 1. The minimum atomic E-state index is -4.14. The van der Waals surface area contributed by atoms with Gasteiger partial charge in [-0.3, -0.25) is 8.57 Å². The molecule has 3 rings (SSSR count). The molecule has 0 atom stereocenters. The van der Waals surface area contributed by atoms with Gasteiger partial charge >= 0.3 is 26.2 Å². The molecule has 0 saturated heterocycles. The van der Waals surface area contributed by atoms with Crippen molar-refractivity contribution < 1.29 is 34.9 Å². The normalized spacial score (nSPS) is 12.6. The lowest BCUT2D eigenvalue weighted by molar-refractivity contribution is -0.132. The van der Waals surface area contributed by atoms with Gasteiger partial charge in [0.25, 0.3) is 0 Å². The highest BCUT2D eigenvalue weighted by Crippen LogP contribution is 2.23. The maximum Gasteiger partial charge on any atom is 0.366 e. The SMILES string of the molecule is COC(=O)/C(=N/OS(=O)(=O)Cc1ccccc1)SCc1ccccc1CS(=O)(=O)O/N=C(/C)Sc1ccc(C)cc1. The van der Waals surface area contributed by atoms with Gasteiger partial charge in [0.2, 0.25) is 5.04 Å². The average molecular weight is 637 g/mol. The van der Waals surface area contributed by atoms with Crippen molar-refractivity contribution in [1.29, 1.82) is 0 Å². The van der Waals surface area contributed by atoms with Gasteiger partial charge in [0, 0.05) is 10.6 Å². The van der Waals surface area contributed by atoms with Crippen LogP contribution in [-0.4, -0.2) is 40.0 Å². The molecular weight excluding hydrogens is 609 g/mol. The molecule has 0 heterocycles. The van der Waals surface area contributed by atoms with Crippen molar-refractivity contribution in [2.45, 2.75) is 36.0 Å². The van der Waals surface area contributed by atoms with Crippen molar-refractivity contribution >= 4 is 59.8 Å². The molecule has 3 aromatic carbocycles. The summed E-state index contributed by atoms with van der Waals surface area (Å²) in [5.74, 6) is -1.77. The summed E-state index contributed by atoms with van der Waals surface area (Å²) in [7, 11) is -7.13. The van der Waals surface area contributed by atoms with Crippen molar-refractivity contribution in [3.63, 3.8) is 0 Å². The van der Waals surface area contributed by atoms with Gasteiger partial charge in [0.15, 0.2) is 0 Å². The molecule has 0 aromatic heterocycles. The van der Waals surface area contributed by atoms with Crippen LogP contribution in [0.3, 0.4) is 0 Å². The Morgan fingerprint density at radius 2 is 1.37 bits per heavy atom. The van der Waals surface area contributed by atoms with E-state index in [1.165, 1.54) is 11.8 Å². The second-order valence-electron chi connectivity index (χ2n) is 8.51. The third kappa shape index (κ3) is 11.2. The molecule has 0 amide bonds. The number of aryl methyl sites for hydroxylation is 1. The Labute approximate surface area is 248 Å². The smallest absolute Gasteiger partial charge is 0.366 e. The molecule has 218 valence electrons. The van der Waals surface area contributed by atoms with Crippen molar-refractivity contribution in [1.82, 2.24) is 0 Å². The van der Waals surface area contributed by atoms with E-state index in [0.29, 0.717) is 21.7 Å². The molecule has 10 nitrogen and oxygen atoms in total. The molecule has 0 bridgehead atoms. The summed E-state index contributed by atoms with van der Waals surface area (Å²) in [6.07, 6.45) is 0. The van der Waals surface area contributed by atoms with Crippen molar-refractivity contribution in [3.05, 3.63) is 101 Å². The molecule has 0 unspecified atom stereocenters. The fraction of sp³-hybridized carbons (Fsp3) is 0.222. The molecule has 0 radical (unpaired) electrons. The highest BCUT2D eigenvalue weighted by atomic mass is 32.2. The monoisotopic (exact) mass is 636 g/mol. The van der Waals surface area contributed by atoms with E-state index in [1.807, 2.05) is 31.2 Å². The lowest BCUT2D eigenvalue weighted by Crippen LogP contribution is -2.15. The summed E-state index contributed by atoms with van der Waals surface area (Å²) in [4.78, 5) is 13.1. The molecular formula is C27H28N2O8S4. The van der Waals surface area contributed by atoms with E-state index in [-0.39, 0.29) is 10.8 Å². The highest BCUT2D eigenvalue weighted by Gasteiger charge is 2.21. The lowest BCUT2D eigenvalue weighted by atomic mass is 10.1. The van der Waals surface area contributed by atoms with Crippen LogP contribution in [0.5, 0.6) is 0 Å². The Balaban J connectivity index is 1.66. The third-order valence-corrected chi connectivity index (χ3v) is 8.96. The van der Waals surface area contributed by atoms with Gasteiger partial charge < -0.3 is 4.74 Å². The number of hydrogen-bond acceptors (Lipinski definition) is 12. The van der Waals surface area contributed by atoms with Gasteiger partial charge in [0.1, 0.15) is 16.5 Å². The van der Waals surface area contributed by atoms with Crippen LogP contribution in [0.4, 0.5) is 0 Å². The molecule has 0 aliphatic rings. The minimum Gasteiger partial charge on any atom is -0.464 e. The Hall–Kier alpha value is -3.33. The van der Waals surface area contributed by atoms with Crippen LogP contribution >= 0.6 is 23.5 Å². The largest absolute Gasteiger partial charge is 0.464 e. The molecule has 0 N–H and O–H groups in total. The predicted molar refractivity (Wildman–Crippen MR) is 161 cm³/mol. The van der Waals surface area contributed by atoms with E-state index in [4.69, 9.17) is 13.3 Å². The third-order valence-electron chi connectivity index (χ3n) is 5.16. The Kier molecular flexibility index (Phi) is 11.8. The number of rotatable bonds is 11. The average Bonchev–Trinajstić information content (AvgIpc) is 2.94. The van der Waals surface area contributed by atoms with Gasteiger partial charge in [-0.05, 0) is 42.7 Å². The van der Waals surface area contributed by atoms with Crippen LogP contribution in [0, 0.1) is 6.92 Å². The number of oxime groups is 2. The number of nitrogens with zero attached hydrogens (tertiary/aromatic N) is 2. The molecule has 0 saturated carbocycles. The number of carbonyl (C=O) groups is 1.